The van der Waals surface area contributed by atoms with Crippen molar-refractivity contribution in [2.75, 3.05) is 28.3 Å². The highest BCUT2D eigenvalue weighted by Gasteiger charge is 2.19. The number of benzene rings is 1. The predicted molar refractivity (Wildman–Crippen MR) is 70.7 cm³/mol. The Hall–Kier alpha value is -1.55. The summed E-state index contributed by atoms with van der Waals surface area (Å²) in [5, 5.41) is 0. The molecule has 1 aromatic carbocycles. The van der Waals surface area contributed by atoms with Crippen molar-refractivity contribution in [2.24, 2.45) is 0 Å². The van der Waals surface area contributed by atoms with Gasteiger partial charge in [-0.1, -0.05) is 18.2 Å². The Balaban J connectivity index is 2.87. The van der Waals surface area contributed by atoms with Crippen LogP contribution in [0.4, 0.5) is 0 Å². The number of ether oxygens (including phenoxy) is 2. The molecule has 0 aliphatic rings. The van der Waals surface area contributed by atoms with Crippen LogP contribution in [0, 0.1) is 0 Å². The summed E-state index contributed by atoms with van der Waals surface area (Å²) in [7, 11) is 7.06. The lowest BCUT2D eigenvalue weighted by Gasteiger charge is -2.25. The maximum Gasteiger partial charge on any atom is 0.305 e. The Labute approximate surface area is 108 Å². The first kappa shape index (κ1) is 14.5. The van der Waals surface area contributed by atoms with Gasteiger partial charge in [0.25, 0.3) is 0 Å². The molecule has 0 aliphatic heterocycles. The summed E-state index contributed by atoms with van der Waals surface area (Å²) in [6.45, 7) is 0. The van der Waals surface area contributed by atoms with Crippen LogP contribution in [0.25, 0.3) is 0 Å². The fourth-order valence-electron chi connectivity index (χ4n) is 1.99. The van der Waals surface area contributed by atoms with E-state index in [4.69, 9.17) is 4.74 Å². The van der Waals surface area contributed by atoms with Crippen molar-refractivity contribution in [1.29, 1.82) is 0 Å². The number of para-hydroxylation sites is 1. The average molecular weight is 251 g/mol. The molecule has 0 aromatic heterocycles. The van der Waals surface area contributed by atoms with Crippen LogP contribution in [0.15, 0.2) is 24.3 Å². The van der Waals surface area contributed by atoms with E-state index >= 15 is 0 Å². The fourth-order valence-corrected chi connectivity index (χ4v) is 1.99. The van der Waals surface area contributed by atoms with Gasteiger partial charge in [-0.15, -0.1) is 0 Å². The van der Waals surface area contributed by atoms with Gasteiger partial charge in [0.2, 0.25) is 0 Å². The maximum atomic E-state index is 11.3. The number of carbonyl (C=O) groups is 1. The molecule has 1 unspecified atom stereocenters. The Morgan fingerprint density at radius 3 is 2.50 bits per heavy atom. The van der Waals surface area contributed by atoms with E-state index in [2.05, 4.69) is 9.64 Å². The van der Waals surface area contributed by atoms with Crippen LogP contribution >= 0.6 is 0 Å². The first-order valence-electron chi connectivity index (χ1n) is 5.96. The standard InChI is InChI=1S/C14H21NO3/c1-15(2)12(9-10-14(16)18-4)11-7-5-6-8-13(11)17-3/h5-8,12H,9-10H2,1-4H3. The van der Waals surface area contributed by atoms with Crippen molar-refractivity contribution >= 4 is 5.97 Å². The summed E-state index contributed by atoms with van der Waals surface area (Å²) in [6.07, 6.45) is 1.11. The number of hydrogen-bond donors (Lipinski definition) is 0. The monoisotopic (exact) mass is 251 g/mol. The molecule has 1 aromatic rings. The van der Waals surface area contributed by atoms with Crippen LogP contribution in [0.1, 0.15) is 24.4 Å². The van der Waals surface area contributed by atoms with Gasteiger partial charge < -0.3 is 14.4 Å². The highest BCUT2D eigenvalue weighted by atomic mass is 16.5. The third-order valence-corrected chi connectivity index (χ3v) is 2.97. The molecule has 0 bridgehead atoms. The predicted octanol–water partition coefficient (Wildman–Crippen LogP) is 2.25. The lowest BCUT2D eigenvalue weighted by atomic mass is 10.00. The molecular formula is C14H21NO3. The normalized spacial score (nSPS) is 12.3. The molecule has 0 fully saturated rings. The zero-order valence-corrected chi connectivity index (χ0v) is 11.5. The number of carbonyl (C=O) groups excluding carboxylic acids is 1. The van der Waals surface area contributed by atoms with Gasteiger partial charge in [0.05, 0.1) is 14.2 Å². The highest BCUT2D eigenvalue weighted by molar-refractivity contribution is 5.69. The van der Waals surface area contributed by atoms with Crippen molar-refractivity contribution in [3.8, 4) is 5.75 Å². The molecular weight excluding hydrogens is 230 g/mol. The van der Waals surface area contributed by atoms with E-state index in [1.165, 1.54) is 7.11 Å². The molecule has 0 N–H and O–H groups in total. The number of methoxy groups -OCH3 is 2. The minimum absolute atomic E-state index is 0.139. The van der Waals surface area contributed by atoms with Crippen LogP contribution < -0.4 is 4.74 Å². The molecule has 1 rings (SSSR count). The third kappa shape index (κ3) is 3.74. The first-order valence-corrected chi connectivity index (χ1v) is 5.96. The minimum atomic E-state index is -0.184. The van der Waals surface area contributed by atoms with E-state index in [9.17, 15) is 4.79 Å². The van der Waals surface area contributed by atoms with E-state index in [0.717, 1.165) is 11.3 Å². The largest absolute Gasteiger partial charge is 0.496 e. The van der Waals surface area contributed by atoms with Gasteiger partial charge in [-0.3, -0.25) is 4.79 Å². The Morgan fingerprint density at radius 1 is 1.28 bits per heavy atom. The zero-order valence-electron chi connectivity index (χ0n) is 11.5. The topological polar surface area (TPSA) is 38.8 Å². The van der Waals surface area contributed by atoms with Gasteiger partial charge in [0, 0.05) is 18.0 Å². The van der Waals surface area contributed by atoms with Crippen LogP contribution in [0.5, 0.6) is 5.75 Å². The third-order valence-electron chi connectivity index (χ3n) is 2.97. The highest BCUT2D eigenvalue weighted by Crippen LogP contribution is 2.31. The smallest absolute Gasteiger partial charge is 0.305 e. The molecule has 1 atom stereocenters. The van der Waals surface area contributed by atoms with Crippen LogP contribution in [-0.2, 0) is 9.53 Å². The summed E-state index contributed by atoms with van der Waals surface area (Å²) >= 11 is 0. The minimum Gasteiger partial charge on any atom is -0.496 e. The van der Waals surface area contributed by atoms with Crippen molar-refractivity contribution in [1.82, 2.24) is 4.90 Å². The molecule has 0 aliphatic carbocycles. The number of esters is 1. The van der Waals surface area contributed by atoms with Crippen molar-refractivity contribution in [3.63, 3.8) is 0 Å². The molecule has 0 heterocycles. The summed E-state index contributed by atoms with van der Waals surface area (Å²) in [5.74, 6) is 0.665. The van der Waals surface area contributed by atoms with E-state index in [-0.39, 0.29) is 12.0 Å². The van der Waals surface area contributed by atoms with E-state index < -0.39 is 0 Å². The van der Waals surface area contributed by atoms with Crippen LogP contribution in [0.2, 0.25) is 0 Å². The van der Waals surface area contributed by atoms with Crippen molar-refractivity contribution in [3.05, 3.63) is 29.8 Å². The summed E-state index contributed by atoms with van der Waals surface area (Å²) in [4.78, 5) is 13.3. The Morgan fingerprint density at radius 2 is 1.94 bits per heavy atom. The second-order valence-corrected chi connectivity index (χ2v) is 4.34. The van der Waals surface area contributed by atoms with E-state index in [1.807, 2.05) is 38.4 Å². The van der Waals surface area contributed by atoms with Crippen molar-refractivity contribution < 1.29 is 14.3 Å². The van der Waals surface area contributed by atoms with Gasteiger partial charge in [0.15, 0.2) is 0 Å². The Bertz CT molecular complexity index is 390. The molecule has 0 saturated carbocycles. The zero-order chi connectivity index (χ0) is 13.5. The summed E-state index contributed by atoms with van der Waals surface area (Å²) < 4.78 is 10.1. The summed E-state index contributed by atoms with van der Waals surface area (Å²) in [5.41, 5.74) is 1.09. The van der Waals surface area contributed by atoms with Gasteiger partial charge in [-0.25, -0.2) is 0 Å². The molecule has 0 saturated heterocycles. The fraction of sp³-hybridized carbons (Fsp3) is 0.500. The molecule has 0 amide bonds. The average Bonchev–Trinajstić information content (AvgIpc) is 2.38. The molecule has 100 valence electrons. The maximum absolute atomic E-state index is 11.3. The van der Waals surface area contributed by atoms with Gasteiger partial charge >= 0.3 is 5.97 Å². The second kappa shape index (κ2) is 7.01. The number of rotatable bonds is 6. The molecule has 18 heavy (non-hydrogen) atoms. The molecule has 0 radical (unpaired) electrons. The molecule has 4 heteroatoms. The quantitative estimate of drug-likeness (QED) is 0.727. The molecule has 4 nitrogen and oxygen atoms in total. The van der Waals surface area contributed by atoms with Gasteiger partial charge in [0.1, 0.15) is 5.75 Å². The lowest BCUT2D eigenvalue weighted by molar-refractivity contribution is -0.141. The SMILES string of the molecule is COC(=O)CCC(c1ccccc1OC)N(C)C. The number of nitrogens with zero attached hydrogens (tertiary/aromatic N) is 1. The lowest BCUT2D eigenvalue weighted by Crippen LogP contribution is -2.21. The van der Waals surface area contributed by atoms with Crippen molar-refractivity contribution in [2.45, 2.75) is 18.9 Å². The van der Waals surface area contributed by atoms with Gasteiger partial charge in [-0.2, -0.15) is 0 Å². The molecule has 0 spiro atoms. The van der Waals surface area contributed by atoms with E-state index in [0.29, 0.717) is 12.8 Å². The van der Waals surface area contributed by atoms with Crippen LogP contribution in [-0.4, -0.2) is 39.2 Å². The summed E-state index contributed by atoms with van der Waals surface area (Å²) in [6, 6.07) is 8.02. The first-order chi connectivity index (χ1) is 8.60. The van der Waals surface area contributed by atoms with Gasteiger partial charge in [-0.05, 0) is 26.6 Å². The second-order valence-electron chi connectivity index (χ2n) is 4.34. The van der Waals surface area contributed by atoms with Crippen LogP contribution in [0.3, 0.4) is 0 Å². The number of hydrogen-bond acceptors (Lipinski definition) is 4. The Kier molecular flexibility index (Phi) is 5.65. The van der Waals surface area contributed by atoms with E-state index in [1.54, 1.807) is 7.11 Å².